The van der Waals surface area contributed by atoms with E-state index < -0.39 is 0 Å². The fourth-order valence-corrected chi connectivity index (χ4v) is 1.82. The molecule has 0 radical (unpaired) electrons. The molecule has 1 aromatic carbocycles. The lowest BCUT2D eigenvalue weighted by Gasteiger charge is -2.09. The molecule has 0 atom stereocenters. The van der Waals surface area contributed by atoms with Gasteiger partial charge in [-0.05, 0) is 51.0 Å². The molecule has 102 valence electrons. The standard InChI is InChI=1S/C15H25NO2/c1-12(2)16-5-6-17-7-8-18-15-10-13(3)9-14(4)11-15/h9-12,16H,5-8H2,1-4H3/p+1. The van der Waals surface area contributed by atoms with Crippen molar-refractivity contribution in [1.29, 1.82) is 0 Å². The number of rotatable bonds is 8. The Kier molecular flexibility index (Phi) is 6.76. The normalized spacial score (nSPS) is 10.9. The van der Waals surface area contributed by atoms with E-state index in [0.29, 0.717) is 19.3 Å². The molecule has 0 saturated carbocycles. The number of ether oxygens (including phenoxy) is 2. The zero-order valence-corrected chi connectivity index (χ0v) is 12.0. The number of hydrogen-bond acceptors (Lipinski definition) is 2. The summed E-state index contributed by atoms with van der Waals surface area (Å²) < 4.78 is 11.2. The van der Waals surface area contributed by atoms with Gasteiger partial charge in [0.15, 0.2) is 0 Å². The summed E-state index contributed by atoms with van der Waals surface area (Å²) in [7, 11) is 0. The monoisotopic (exact) mass is 252 g/mol. The molecule has 0 heterocycles. The lowest BCUT2D eigenvalue weighted by molar-refractivity contribution is -0.684. The molecule has 0 aliphatic rings. The van der Waals surface area contributed by atoms with Crippen LogP contribution >= 0.6 is 0 Å². The van der Waals surface area contributed by atoms with Crippen LogP contribution in [0, 0.1) is 13.8 Å². The highest BCUT2D eigenvalue weighted by atomic mass is 16.5. The largest absolute Gasteiger partial charge is 0.491 e. The maximum Gasteiger partial charge on any atom is 0.119 e. The predicted molar refractivity (Wildman–Crippen MR) is 74.2 cm³/mol. The number of quaternary nitrogens is 1. The van der Waals surface area contributed by atoms with Crippen molar-refractivity contribution in [3.8, 4) is 5.75 Å². The fraction of sp³-hybridized carbons (Fsp3) is 0.600. The van der Waals surface area contributed by atoms with Crippen molar-refractivity contribution in [2.75, 3.05) is 26.4 Å². The summed E-state index contributed by atoms with van der Waals surface area (Å²) in [5, 5.41) is 2.27. The van der Waals surface area contributed by atoms with Crippen LogP contribution in [0.15, 0.2) is 18.2 Å². The van der Waals surface area contributed by atoms with Crippen LogP contribution in [0.5, 0.6) is 5.75 Å². The van der Waals surface area contributed by atoms with Crippen molar-refractivity contribution in [1.82, 2.24) is 0 Å². The zero-order chi connectivity index (χ0) is 13.4. The molecule has 0 bridgehead atoms. The van der Waals surface area contributed by atoms with E-state index in [4.69, 9.17) is 9.47 Å². The molecule has 1 rings (SSSR count). The smallest absolute Gasteiger partial charge is 0.119 e. The summed E-state index contributed by atoms with van der Waals surface area (Å²) in [4.78, 5) is 0. The van der Waals surface area contributed by atoms with Crippen LogP contribution in [0.3, 0.4) is 0 Å². The highest BCUT2D eigenvalue weighted by Crippen LogP contribution is 2.15. The Labute approximate surface area is 110 Å². The first-order valence-electron chi connectivity index (χ1n) is 6.70. The summed E-state index contributed by atoms with van der Waals surface area (Å²) in [5.74, 6) is 0.935. The Morgan fingerprint density at radius 2 is 1.67 bits per heavy atom. The van der Waals surface area contributed by atoms with E-state index in [2.05, 4.69) is 51.2 Å². The number of nitrogens with two attached hydrogens (primary N) is 1. The second kappa shape index (κ2) is 8.11. The van der Waals surface area contributed by atoms with Gasteiger partial charge in [0, 0.05) is 0 Å². The van der Waals surface area contributed by atoms with Gasteiger partial charge in [0.25, 0.3) is 0 Å². The lowest BCUT2D eigenvalue weighted by Crippen LogP contribution is -2.89. The predicted octanol–water partition coefficient (Wildman–Crippen LogP) is 1.67. The van der Waals surface area contributed by atoms with Gasteiger partial charge in [0.2, 0.25) is 0 Å². The van der Waals surface area contributed by atoms with Crippen molar-refractivity contribution < 1.29 is 14.8 Å². The Morgan fingerprint density at radius 3 is 2.28 bits per heavy atom. The Hall–Kier alpha value is -1.06. The second-order valence-corrected chi connectivity index (χ2v) is 5.05. The van der Waals surface area contributed by atoms with Gasteiger partial charge in [-0.2, -0.15) is 0 Å². The van der Waals surface area contributed by atoms with Crippen LogP contribution in [-0.2, 0) is 4.74 Å². The third-order valence-corrected chi connectivity index (χ3v) is 2.59. The van der Waals surface area contributed by atoms with E-state index in [1.807, 2.05) is 0 Å². The van der Waals surface area contributed by atoms with Gasteiger partial charge in [0.05, 0.1) is 25.8 Å². The topological polar surface area (TPSA) is 35.1 Å². The molecule has 0 amide bonds. The minimum Gasteiger partial charge on any atom is -0.491 e. The first-order chi connectivity index (χ1) is 8.58. The minimum atomic E-state index is 0.616. The summed E-state index contributed by atoms with van der Waals surface area (Å²) in [6.07, 6.45) is 0. The molecule has 3 heteroatoms. The molecule has 0 spiro atoms. The highest BCUT2D eigenvalue weighted by molar-refractivity contribution is 5.32. The Bertz CT molecular complexity index is 330. The highest BCUT2D eigenvalue weighted by Gasteiger charge is 1.98. The molecular formula is C15H26NO2+. The quantitative estimate of drug-likeness (QED) is 0.714. The molecule has 0 fully saturated rings. The van der Waals surface area contributed by atoms with Crippen molar-refractivity contribution in [2.24, 2.45) is 0 Å². The maximum atomic E-state index is 5.66. The molecule has 0 unspecified atom stereocenters. The average Bonchev–Trinajstić information content (AvgIpc) is 2.26. The lowest BCUT2D eigenvalue weighted by atomic mass is 10.1. The number of benzene rings is 1. The molecule has 18 heavy (non-hydrogen) atoms. The van der Waals surface area contributed by atoms with E-state index in [1.54, 1.807) is 0 Å². The van der Waals surface area contributed by atoms with E-state index >= 15 is 0 Å². The third-order valence-electron chi connectivity index (χ3n) is 2.59. The Balaban J connectivity index is 2.10. The second-order valence-electron chi connectivity index (χ2n) is 5.05. The molecule has 0 aliphatic carbocycles. The number of aryl methyl sites for hydroxylation is 2. The summed E-state index contributed by atoms with van der Waals surface area (Å²) in [5.41, 5.74) is 2.47. The molecule has 1 aromatic rings. The van der Waals surface area contributed by atoms with Gasteiger partial charge in [-0.3, -0.25) is 0 Å². The summed E-state index contributed by atoms with van der Waals surface area (Å²) >= 11 is 0. The van der Waals surface area contributed by atoms with Crippen LogP contribution < -0.4 is 10.1 Å². The van der Waals surface area contributed by atoms with Crippen molar-refractivity contribution in [3.05, 3.63) is 29.3 Å². The molecule has 3 nitrogen and oxygen atoms in total. The molecule has 2 N–H and O–H groups in total. The Morgan fingerprint density at radius 1 is 1.00 bits per heavy atom. The van der Waals surface area contributed by atoms with E-state index in [-0.39, 0.29) is 0 Å². The number of hydrogen-bond donors (Lipinski definition) is 1. The van der Waals surface area contributed by atoms with Gasteiger partial charge >= 0.3 is 0 Å². The first kappa shape index (κ1) is 15.0. The van der Waals surface area contributed by atoms with Crippen LogP contribution in [0.4, 0.5) is 0 Å². The molecule has 0 aromatic heterocycles. The van der Waals surface area contributed by atoms with Gasteiger partial charge in [-0.1, -0.05) is 6.07 Å². The molecular weight excluding hydrogens is 226 g/mol. The van der Waals surface area contributed by atoms with Crippen molar-refractivity contribution in [2.45, 2.75) is 33.7 Å². The SMILES string of the molecule is Cc1cc(C)cc(OCCOCC[NH2+]C(C)C)c1. The molecule has 0 saturated heterocycles. The average molecular weight is 252 g/mol. The third kappa shape index (κ3) is 6.62. The van der Waals surface area contributed by atoms with Gasteiger partial charge in [-0.25, -0.2) is 0 Å². The van der Waals surface area contributed by atoms with Gasteiger partial charge in [-0.15, -0.1) is 0 Å². The van der Waals surface area contributed by atoms with Gasteiger partial charge in [0.1, 0.15) is 12.4 Å². The summed E-state index contributed by atoms with van der Waals surface area (Å²) in [6, 6.07) is 6.89. The maximum absolute atomic E-state index is 5.66. The van der Waals surface area contributed by atoms with Crippen LogP contribution in [-0.4, -0.2) is 32.4 Å². The van der Waals surface area contributed by atoms with Crippen LogP contribution in [0.25, 0.3) is 0 Å². The van der Waals surface area contributed by atoms with E-state index in [9.17, 15) is 0 Å². The summed E-state index contributed by atoms with van der Waals surface area (Å²) in [6.45, 7) is 11.6. The van der Waals surface area contributed by atoms with Crippen LogP contribution in [0.1, 0.15) is 25.0 Å². The fourth-order valence-electron chi connectivity index (χ4n) is 1.82. The van der Waals surface area contributed by atoms with Crippen LogP contribution in [0.2, 0.25) is 0 Å². The van der Waals surface area contributed by atoms with Crippen molar-refractivity contribution in [3.63, 3.8) is 0 Å². The van der Waals surface area contributed by atoms with E-state index in [1.165, 1.54) is 11.1 Å². The van der Waals surface area contributed by atoms with E-state index in [0.717, 1.165) is 18.9 Å². The molecule has 0 aliphatic heterocycles. The first-order valence-corrected chi connectivity index (χ1v) is 6.70. The van der Waals surface area contributed by atoms with Gasteiger partial charge < -0.3 is 14.8 Å². The zero-order valence-electron chi connectivity index (χ0n) is 12.0. The minimum absolute atomic E-state index is 0.616. The van der Waals surface area contributed by atoms with Crippen molar-refractivity contribution >= 4 is 0 Å².